The van der Waals surface area contributed by atoms with Crippen LogP contribution < -0.4 is 4.90 Å². The first-order chi connectivity index (χ1) is 9.69. The molecular weight excluding hydrogens is 274 g/mol. The molecule has 1 atom stereocenters. The van der Waals surface area contributed by atoms with Crippen LogP contribution in [0.1, 0.15) is 43.0 Å². The largest absolute Gasteiger partial charge is 0.384 e. The highest BCUT2D eigenvalue weighted by molar-refractivity contribution is 6.30. The van der Waals surface area contributed by atoms with Crippen molar-refractivity contribution in [2.75, 3.05) is 31.7 Å². The van der Waals surface area contributed by atoms with Crippen LogP contribution in [0.4, 0.5) is 5.82 Å². The number of halogens is 1. The Balaban J connectivity index is 1.84. The number of nitrogens with zero attached hydrogens (tertiary/aromatic N) is 3. The Hall–Kier alpha value is -0.870. The predicted molar refractivity (Wildman–Crippen MR) is 80.6 cm³/mol. The molecule has 1 aromatic heterocycles. The third kappa shape index (κ3) is 2.91. The van der Waals surface area contributed by atoms with E-state index in [2.05, 4.69) is 9.88 Å². The van der Waals surface area contributed by atoms with Gasteiger partial charge in [-0.05, 0) is 38.5 Å². The molecule has 0 aromatic carbocycles. The fourth-order valence-electron chi connectivity index (χ4n) is 2.96. The third-order valence-electron chi connectivity index (χ3n) is 4.24. The molecule has 1 aliphatic heterocycles. The van der Waals surface area contributed by atoms with E-state index < -0.39 is 0 Å². The predicted octanol–water partition coefficient (Wildman–Crippen LogP) is 3.18. The van der Waals surface area contributed by atoms with Crippen LogP contribution in [0.25, 0.3) is 0 Å². The summed E-state index contributed by atoms with van der Waals surface area (Å²) in [5.41, 5.74) is 1.01. The fraction of sp³-hybridized carbons (Fsp3) is 0.733. The van der Waals surface area contributed by atoms with Crippen molar-refractivity contribution >= 4 is 17.4 Å². The maximum absolute atomic E-state index is 6.31. The number of hydrogen-bond acceptors (Lipinski definition) is 4. The summed E-state index contributed by atoms with van der Waals surface area (Å²) in [5.74, 6) is 3.09. The van der Waals surface area contributed by atoms with Crippen LogP contribution in [0, 0.1) is 12.8 Å². The van der Waals surface area contributed by atoms with Crippen LogP contribution in [0.3, 0.4) is 0 Å². The molecule has 2 heterocycles. The smallest absolute Gasteiger partial charge is 0.137 e. The normalized spacial score (nSPS) is 23.1. The standard InChI is InChI=1S/C15H22ClN3O/c1-10-13(16)17-14(12-5-6-12)18-15(10)19-7-3-4-11(8-19)9-20-2/h11-12H,3-9H2,1-2H3. The van der Waals surface area contributed by atoms with Gasteiger partial charge in [0.05, 0.1) is 6.61 Å². The Morgan fingerprint density at radius 3 is 2.80 bits per heavy atom. The van der Waals surface area contributed by atoms with Gasteiger partial charge in [-0.3, -0.25) is 0 Å². The molecule has 20 heavy (non-hydrogen) atoms. The zero-order valence-corrected chi connectivity index (χ0v) is 13.0. The fourth-order valence-corrected chi connectivity index (χ4v) is 3.13. The van der Waals surface area contributed by atoms with Crippen molar-refractivity contribution in [3.8, 4) is 0 Å². The van der Waals surface area contributed by atoms with E-state index in [-0.39, 0.29) is 0 Å². The average Bonchev–Trinajstić information content (AvgIpc) is 3.27. The van der Waals surface area contributed by atoms with Crippen molar-refractivity contribution in [3.63, 3.8) is 0 Å². The van der Waals surface area contributed by atoms with Crippen molar-refractivity contribution in [2.45, 2.75) is 38.5 Å². The first-order valence-corrected chi connectivity index (χ1v) is 7.84. The number of ether oxygens (including phenoxy) is 1. The average molecular weight is 296 g/mol. The number of aromatic nitrogens is 2. The molecule has 0 bridgehead atoms. The van der Waals surface area contributed by atoms with Gasteiger partial charge in [0.15, 0.2) is 0 Å². The lowest BCUT2D eigenvalue weighted by Gasteiger charge is -2.34. The summed E-state index contributed by atoms with van der Waals surface area (Å²) in [7, 11) is 1.77. The lowest BCUT2D eigenvalue weighted by Crippen LogP contribution is -2.38. The van der Waals surface area contributed by atoms with E-state index in [9.17, 15) is 0 Å². The number of rotatable bonds is 4. The second kappa shape index (κ2) is 5.86. The Labute approximate surface area is 125 Å². The first-order valence-electron chi connectivity index (χ1n) is 7.47. The molecule has 5 heteroatoms. The number of anilines is 1. The monoisotopic (exact) mass is 295 g/mol. The highest BCUT2D eigenvalue weighted by Crippen LogP contribution is 2.40. The number of piperidine rings is 1. The summed E-state index contributed by atoms with van der Waals surface area (Å²) in [6.07, 6.45) is 4.82. The topological polar surface area (TPSA) is 38.2 Å². The lowest BCUT2D eigenvalue weighted by atomic mass is 9.99. The van der Waals surface area contributed by atoms with Gasteiger partial charge in [0.1, 0.15) is 16.8 Å². The van der Waals surface area contributed by atoms with Crippen molar-refractivity contribution in [1.82, 2.24) is 9.97 Å². The van der Waals surface area contributed by atoms with E-state index in [1.165, 1.54) is 25.7 Å². The summed E-state index contributed by atoms with van der Waals surface area (Å²) in [4.78, 5) is 11.6. The molecule has 2 aliphatic rings. The van der Waals surface area contributed by atoms with Gasteiger partial charge in [-0.15, -0.1) is 0 Å². The van der Waals surface area contributed by atoms with Crippen molar-refractivity contribution in [1.29, 1.82) is 0 Å². The molecule has 1 saturated heterocycles. The molecule has 0 spiro atoms. The Morgan fingerprint density at radius 2 is 2.10 bits per heavy atom. The van der Waals surface area contributed by atoms with Crippen LogP contribution in [-0.2, 0) is 4.74 Å². The highest BCUT2D eigenvalue weighted by atomic mass is 35.5. The molecule has 4 nitrogen and oxygen atoms in total. The quantitative estimate of drug-likeness (QED) is 0.800. The van der Waals surface area contributed by atoms with Crippen LogP contribution in [0.15, 0.2) is 0 Å². The van der Waals surface area contributed by atoms with Crippen molar-refractivity contribution < 1.29 is 4.74 Å². The summed E-state index contributed by atoms with van der Waals surface area (Å²) in [6, 6.07) is 0. The van der Waals surface area contributed by atoms with Crippen LogP contribution in [0.5, 0.6) is 0 Å². The van der Waals surface area contributed by atoms with Gasteiger partial charge in [-0.25, -0.2) is 9.97 Å². The molecule has 1 aliphatic carbocycles. The van der Waals surface area contributed by atoms with Crippen molar-refractivity contribution in [3.05, 3.63) is 16.5 Å². The molecule has 110 valence electrons. The Bertz CT molecular complexity index is 488. The molecule has 2 fully saturated rings. The minimum atomic E-state index is 0.534. The molecular formula is C15H22ClN3O. The van der Waals surface area contributed by atoms with E-state index >= 15 is 0 Å². The van der Waals surface area contributed by atoms with Gasteiger partial charge in [-0.2, -0.15) is 0 Å². The molecule has 0 radical (unpaired) electrons. The molecule has 0 amide bonds. The summed E-state index contributed by atoms with van der Waals surface area (Å²) in [5, 5.41) is 0.616. The minimum absolute atomic E-state index is 0.534. The van der Waals surface area contributed by atoms with E-state index in [4.69, 9.17) is 21.3 Å². The third-order valence-corrected chi connectivity index (χ3v) is 4.61. The summed E-state index contributed by atoms with van der Waals surface area (Å²) >= 11 is 6.31. The lowest BCUT2D eigenvalue weighted by molar-refractivity contribution is 0.143. The van der Waals surface area contributed by atoms with Crippen molar-refractivity contribution in [2.24, 2.45) is 5.92 Å². The summed E-state index contributed by atoms with van der Waals surface area (Å²) in [6.45, 7) is 4.91. The second-order valence-corrected chi connectivity index (χ2v) is 6.36. The maximum Gasteiger partial charge on any atom is 0.137 e. The second-order valence-electron chi connectivity index (χ2n) is 6.01. The zero-order valence-electron chi connectivity index (χ0n) is 12.2. The number of hydrogen-bond donors (Lipinski definition) is 0. The SMILES string of the molecule is COCC1CCCN(c2nc(C3CC3)nc(Cl)c2C)C1. The molecule has 1 aromatic rings. The van der Waals surface area contributed by atoms with E-state index in [1.807, 2.05) is 6.92 Å². The van der Waals surface area contributed by atoms with Gasteiger partial charge in [-0.1, -0.05) is 11.6 Å². The maximum atomic E-state index is 6.31. The highest BCUT2D eigenvalue weighted by Gasteiger charge is 2.30. The van der Waals surface area contributed by atoms with E-state index in [1.54, 1.807) is 7.11 Å². The van der Waals surface area contributed by atoms with Gasteiger partial charge in [0.2, 0.25) is 0 Å². The minimum Gasteiger partial charge on any atom is -0.384 e. The van der Waals surface area contributed by atoms with Gasteiger partial charge in [0.25, 0.3) is 0 Å². The number of methoxy groups -OCH3 is 1. The molecule has 3 rings (SSSR count). The summed E-state index contributed by atoms with van der Waals surface area (Å²) < 4.78 is 5.31. The molecule has 1 unspecified atom stereocenters. The van der Waals surface area contributed by atoms with Gasteiger partial charge < -0.3 is 9.64 Å². The van der Waals surface area contributed by atoms with Crippen LogP contribution in [0.2, 0.25) is 5.15 Å². The molecule has 0 N–H and O–H groups in total. The van der Waals surface area contributed by atoms with E-state index in [0.29, 0.717) is 17.0 Å². The van der Waals surface area contributed by atoms with E-state index in [0.717, 1.165) is 36.9 Å². The Kier molecular flexibility index (Phi) is 4.13. The molecule has 1 saturated carbocycles. The van der Waals surface area contributed by atoms with Crippen LogP contribution in [-0.4, -0.2) is 36.8 Å². The Morgan fingerprint density at radius 1 is 1.30 bits per heavy atom. The first kappa shape index (κ1) is 14.1. The van der Waals surface area contributed by atoms with Crippen LogP contribution >= 0.6 is 11.6 Å². The van der Waals surface area contributed by atoms with Gasteiger partial charge >= 0.3 is 0 Å². The van der Waals surface area contributed by atoms with Gasteiger partial charge in [0, 0.05) is 31.7 Å². The zero-order chi connectivity index (χ0) is 14.1.